The molecular formula is C12H17NO2S. The van der Waals surface area contributed by atoms with Gasteiger partial charge in [0.1, 0.15) is 0 Å². The minimum absolute atomic E-state index is 0.225. The van der Waals surface area contributed by atoms with Crippen molar-refractivity contribution in [1.82, 2.24) is 0 Å². The summed E-state index contributed by atoms with van der Waals surface area (Å²) in [5.74, 6) is 0. The Kier molecular flexibility index (Phi) is 2.93. The van der Waals surface area contributed by atoms with Crippen molar-refractivity contribution < 1.29 is 8.42 Å². The van der Waals surface area contributed by atoms with Crippen LogP contribution in [0.1, 0.15) is 31.2 Å². The van der Waals surface area contributed by atoms with Crippen molar-refractivity contribution in [3.8, 4) is 0 Å². The molecule has 1 aromatic carbocycles. The fourth-order valence-electron chi connectivity index (χ4n) is 2.28. The molecule has 0 aromatic heterocycles. The second kappa shape index (κ2) is 4.09. The van der Waals surface area contributed by atoms with Crippen LogP contribution in [-0.2, 0) is 9.84 Å². The maximum Gasteiger partial charge on any atom is 0.183 e. The molecule has 0 aliphatic heterocycles. The number of benzene rings is 1. The average Bonchev–Trinajstić information content (AvgIpc) is 2.75. The predicted molar refractivity (Wildman–Crippen MR) is 65.0 cm³/mol. The zero-order valence-electron chi connectivity index (χ0n) is 9.44. The van der Waals surface area contributed by atoms with Gasteiger partial charge in [0.25, 0.3) is 0 Å². The van der Waals surface area contributed by atoms with Gasteiger partial charge in [-0.3, -0.25) is 0 Å². The van der Waals surface area contributed by atoms with Gasteiger partial charge in [-0.2, -0.15) is 0 Å². The summed E-state index contributed by atoms with van der Waals surface area (Å²) in [7, 11) is -3.22. The summed E-state index contributed by atoms with van der Waals surface area (Å²) in [6, 6.07) is 5.21. The van der Waals surface area contributed by atoms with E-state index in [9.17, 15) is 8.42 Å². The Morgan fingerprint density at radius 3 is 2.50 bits per heavy atom. The van der Waals surface area contributed by atoms with Gasteiger partial charge in [0.05, 0.1) is 15.8 Å². The maximum absolute atomic E-state index is 12.3. The molecule has 2 N–H and O–H groups in total. The normalized spacial score (nSPS) is 17.8. The van der Waals surface area contributed by atoms with Crippen LogP contribution in [0, 0.1) is 6.92 Å². The number of nitrogens with two attached hydrogens (primary N) is 1. The predicted octanol–water partition coefficient (Wildman–Crippen LogP) is 2.29. The molecule has 3 nitrogen and oxygen atoms in total. The van der Waals surface area contributed by atoms with Crippen LogP contribution >= 0.6 is 0 Å². The number of anilines is 1. The first-order valence-corrected chi connectivity index (χ1v) is 7.17. The van der Waals surface area contributed by atoms with Crippen molar-refractivity contribution in [3.63, 3.8) is 0 Å². The van der Waals surface area contributed by atoms with Crippen molar-refractivity contribution in [2.24, 2.45) is 0 Å². The molecule has 1 aromatic rings. The quantitative estimate of drug-likeness (QED) is 0.805. The Bertz CT molecular complexity index is 488. The van der Waals surface area contributed by atoms with Gasteiger partial charge < -0.3 is 5.73 Å². The molecule has 2 rings (SSSR count). The largest absolute Gasteiger partial charge is 0.397 e. The summed E-state index contributed by atoms with van der Waals surface area (Å²) in [4.78, 5) is 0.319. The minimum Gasteiger partial charge on any atom is -0.397 e. The lowest BCUT2D eigenvalue weighted by molar-refractivity contribution is 0.580. The molecule has 0 unspecified atom stereocenters. The summed E-state index contributed by atoms with van der Waals surface area (Å²) < 4.78 is 24.7. The molecule has 0 atom stereocenters. The average molecular weight is 239 g/mol. The number of para-hydroxylation sites is 1. The standard InChI is InChI=1S/C12H17NO2S/c1-9-5-4-8-11(12(9)13)16(14,15)10-6-2-3-7-10/h4-5,8,10H,2-3,6-7,13H2,1H3. The van der Waals surface area contributed by atoms with Crippen molar-refractivity contribution in [3.05, 3.63) is 23.8 Å². The monoisotopic (exact) mass is 239 g/mol. The van der Waals surface area contributed by atoms with Gasteiger partial charge in [-0.25, -0.2) is 8.42 Å². The highest BCUT2D eigenvalue weighted by molar-refractivity contribution is 7.92. The Balaban J connectivity index is 2.47. The minimum atomic E-state index is -3.22. The van der Waals surface area contributed by atoms with Crippen LogP contribution in [0.15, 0.2) is 23.1 Å². The van der Waals surface area contributed by atoms with E-state index >= 15 is 0 Å². The first-order chi connectivity index (χ1) is 7.53. The smallest absolute Gasteiger partial charge is 0.183 e. The van der Waals surface area contributed by atoms with Gasteiger partial charge in [-0.05, 0) is 31.4 Å². The molecule has 0 saturated heterocycles. The fraction of sp³-hybridized carbons (Fsp3) is 0.500. The highest BCUT2D eigenvalue weighted by atomic mass is 32.2. The first-order valence-electron chi connectivity index (χ1n) is 5.62. The number of aryl methyl sites for hydroxylation is 1. The second-order valence-electron chi connectivity index (χ2n) is 4.44. The van der Waals surface area contributed by atoms with Crippen LogP contribution in [-0.4, -0.2) is 13.7 Å². The van der Waals surface area contributed by atoms with Gasteiger partial charge in [0.15, 0.2) is 9.84 Å². The number of nitrogen functional groups attached to an aromatic ring is 1. The van der Waals surface area contributed by atoms with E-state index in [1.807, 2.05) is 13.0 Å². The van der Waals surface area contributed by atoms with E-state index in [0.717, 1.165) is 31.2 Å². The summed E-state index contributed by atoms with van der Waals surface area (Å²) >= 11 is 0. The topological polar surface area (TPSA) is 60.2 Å². The van der Waals surface area contributed by atoms with E-state index in [1.165, 1.54) is 0 Å². The van der Waals surface area contributed by atoms with Gasteiger partial charge in [0.2, 0.25) is 0 Å². The Morgan fingerprint density at radius 1 is 1.25 bits per heavy atom. The lowest BCUT2D eigenvalue weighted by Crippen LogP contribution is -2.19. The van der Waals surface area contributed by atoms with Gasteiger partial charge in [-0.15, -0.1) is 0 Å². The van der Waals surface area contributed by atoms with E-state index in [1.54, 1.807) is 12.1 Å². The van der Waals surface area contributed by atoms with Crippen LogP contribution in [0.5, 0.6) is 0 Å². The first kappa shape index (κ1) is 11.5. The maximum atomic E-state index is 12.3. The van der Waals surface area contributed by atoms with E-state index in [-0.39, 0.29) is 5.25 Å². The molecule has 1 fully saturated rings. The molecule has 1 aliphatic carbocycles. The molecule has 1 saturated carbocycles. The molecule has 4 heteroatoms. The van der Waals surface area contributed by atoms with Gasteiger partial charge in [-0.1, -0.05) is 25.0 Å². The highest BCUT2D eigenvalue weighted by Gasteiger charge is 2.31. The third-order valence-corrected chi connectivity index (χ3v) is 5.65. The lowest BCUT2D eigenvalue weighted by Gasteiger charge is -2.14. The SMILES string of the molecule is Cc1cccc(S(=O)(=O)C2CCCC2)c1N. The van der Waals surface area contributed by atoms with Crippen molar-refractivity contribution >= 4 is 15.5 Å². The molecule has 1 aliphatic rings. The van der Waals surface area contributed by atoms with Crippen LogP contribution in [0.25, 0.3) is 0 Å². The summed E-state index contributed by atoms with van der Waals surface area (Å²) in [6.07, 6.45) is 3.57. The Labute approximate surface area is 96.6 Å². The molecule has 0 heterocycles. The molecule has 88 valence electrons. The van der Waals surface area contributed by atoms with Gasteiger partial charge in [0, 0.05) is 0 Å². The summed E-state index contributed by atoms with van der Waals surface area (Å²) in [5.41, 5.74) is 7.10. The van der Waals surface area contributed by atoms with Gasteiger partial charge >= 0.3 is 0 Å². The number of rotatable bonds is 2. The molecular weight excluding hydrogens is 222 g/mol. The Hall–Kier alpha value is -1.03. The third kappa shape index (κ3) is 1.82. The van der Waals surface area contributed by atoms with Crippen molar-refractivity contribution in [2.45, 2.75) is 42.8 Å². The number of hydrogen-bond acceptors (Lipinski definition) is 3. The van der Waals surface area contributed by atoms with Crippen LogP contribution in [0.2, 0.25) is 0 Å². The lowest BCUT2D eigenvalue weighted by atomic mass is 10.2. The van der Waals surface area contributed by atoms with Crippen molar-refractivity contribution in [2.75, 3.05) is 5.73 Å². The zero-order chi connectivity index (χ0) is 11.8. The third-order valence-electron chi connectivity index (χ3n) is 3.33. The summed E-state index contributed by atoms with van der Waals surface area (Å²) in [5, 5.41) is -0.225. The number of sulfone groups is 1. The molecule has 0 bridgehead atoms. The van der Waals surface area contributed by atoms with E-state index in [4.69, 9.17) is 5.73 Å². The highest BCUT2D eigenvalue weighted by Crippen LogP contribution is 2.32. The Morgan fingerprint density at radius 2 is 1.88 bits per heavy atom. The zero-order valence-corrected chi connectivity index (χ0v) is 10.3. The van der Waals surface area contributed by atoms with E-state index in [2.05, 4.69) is 0 Å². The molecule has 0 radical (unpaired) electrons. The van der Waals surface area contributed by atoms with Crippen LogP contribution in [0.3, 0.4) is 0 Å². The van der Waals surface area contributed by atoms with E-state index < -0.39 is 9.84 Å². The second-order valence-corrected chi connectivity index (χ2v) is 6.63. The van der Waals surface area contributed by atoms with Crippen LogP contribution < -0.4 is 5.73 Å². The summed E-state index contributed by atoms with van der Waals surface area (Å²) in [6.45, 7) is 1.84. The fourth-order valence-corrected chi connectivity index (χ4v) is 4.33. The van der Waals surface area contributed by atoms with Crippen LogP contribution in [0.4, 0.5) is 5.69 Å². The molecule has 16 heavy (non-hydrogen) atoms. The van der Waals surface area contributed by atoms with E-state index in [0.29, 0.717) is 10.6 Å². The molecule has 0 spiro atoms. The number of hydrogen-bond donors (Lipinski definition) is 1. The molecule has 0 amide bonds. The van der Waals surface area contributed by atoms with Crippen molar-refractivity contribution in [1.29, 1.82) is 0 Å².